The third-order valence-corrected chi connectivity index (χ3v) is 2.77. The highest BCUT2D eigenvalue weighted by Gasteiger charge is 2.22. The molecule has 0 unspecified atom stereocenters. The molecule has 0 heterocycles. The second-order valence-electron chi connectivity index (χ2n) is 3.80. The minimum atomic E-state index is -0.102. The van der Waals surface area contributed by atoms with E-state index in [4.69, 9.17) is 10.5 Å². The number of ether oxygens (including phenoxy) is 1. The summed E-state index contributed by atoms with van der Waals surface area (Å²) in [6, 6.07) is 7.63. The first-order chi connectivity index (χ1) is 6.61. The molecule has 2 nitrogen and oxygen atoms in total. The molecule has 0 bridgehead atoms. The molecule has 1 aromatic carbocycles. The Morgan fingerprint density at radius 2 is 1.79 bits per heavy atom. The molecule has 0 saturated heterocycles. The molecule has 0 aliphatic rings. The first-order valence-corrected chi connectivity index (χ1v) is 5.15. The Morgan fingerprint density at radius 1 is 1.21 bits per heavy atom. The summed E-state index contributed by atoms with van der Waals surface area (Å²) in [6.07, 6.45) is 1.97. The molecule has 1 rings (SSSR count). The van der Waals surface area contributed by atoms with Gasteiger partial charge in [0.2, 0.25) is 0 Å². The van der Waals surface area contributed by atoms with Crippen LogP contribution in [0.3, 0.4) is 0 Å². The van der Waals surface area contributed by atoms with E-state index in [1.807, 2.05) is 24.3 Å². The summed E-state index contributed by atoms with van der Waals surface area (Å²) in [4.78, 5) is 0. The molecule has 0 atom stereocenters. The molecule has 2 heteroatoms. The molecule has 0 amide bonds. The Morgan fingerprint density at radius 3 is 2.29 bits per heavy atom. The fourth-order valence-electron chi connectivity index (χ4n) is 1.23. The van der Waals surface area contributed by atoms with Crippen molar-refractivity contribution in [3.8, 4) is 5.75 Å². The Kier molecular flexibility index (Phi) is 3.39. The average Bonchev–Trinajstić information content (AvgIpc) is 2.21. The lowest BCUT2D eigenvalue weighted by atomic mass is 10.00. The quantitative estimate of drug-likeness (QED) is 0.745. The Hall–Kier alpha value is -1.18. The van der Waals surface area contributed by atoms with E-state index in [-0.39, 0.29) is 5.60 Å². The highest BCUT2D eigenvalue weighted by atomic mass is 16.5. The summed E-state index contributed by atoms with van der Waals surface area (Å²) in [5.74, 6) is 0.790. The maximum Gasteiger partial charge on any atom is 0.143 e. The van der Waals surface area contributed by atoms with Crippen molar-refractivity contribution in [1.82, 2.24) is 0 Å². The fraction of sp³-hybridized carbons (Fsp3) is 0.500. The van der Waals surface area contributed by atoms with Crippen LogP contribution >= 0.6 is 0 Å². The van der Waals surface area contributed by atoms with Crippen molar-refractivity contribution >= 4 is 5.69 Å². The second-order valence-corrected chi connectivity index (χ2v) is 3.80. The van der Waals surface area contributed by atoms with Gasteiger partial charge < -0.3 is 10.5 Å². The lowest BCUT2D eigenvalue weighted by molar-refractivity contribution is 0.0812. The van der Waals surface area contributed by atoms with Crippen LogP contribution in [0.25, 0.3) is 0 Å². The number of nitrogens with two attached hydrogens (primary N) is 1. The van der Waals surface area contributed by atoms with E-state index in [0.29, 0.717) is 5.69 Å². The van der Waals surface area contributed by atoms with Gasteiger partial charge in [-0.1, -0.05) is 26.0 Å². The van der Waals surface area contributed by atoms with Crippen LogP contribution in [0, 0.1) is 0 Å². The fourth-order valence-corrected chi connectivity index (χ4v) is 1.23. The predicted octanol–water partition coefficient (Wildman–Crippen LogP) is 3.23. The zero-order chi connectivity index (χ0) is 10.6. The van der Waals surface area contributed by atoms with Gasteiger partial charge in [0.25, 0.3) is 0 Å². The number of para-hydroxylation sites is 2. The van der Waals surface area contributed by atoms with E-state index in [2.05, 4.69) is 20.8 Å². The van der Waals surface area contributed by atoms with E-state index in [1.165, 1.54) is 0 Å². The lowest BCUT2D eigenvalue weighted by Gasteiger charge is -2.28. The topological polar surface area (TPSA) is 35.2 Å². The van der Waals surface area contributed by atoms with E-state index >= 15 is 0 Å². The average molecular weight is 193 g/mol. The zero-order valence-corrected chi connectivity index (χ0v) is 9.21. The minimum Gasteiger partial charge on any atom is -0.485 e. The van der Waals surface area contributed by atoms with Crippen LogP contribution in [0.4, 0.5) is 5.69 Å². The summed E-state index contributed by atoms with van der Waals surface area (Å²) in [7, 11) is 0. The van der Waals surface area contributed by atoms with Crippen LogP contribution in [-0.2, 0) is 0 Å². The second kappa shape index (κ2) is 4.36. The van der Waals surface area contributed by atoms with Gasteiger partial charge in [-0.2, -0.15) is 0 Å². The van der Waals surface area contributed by atoms with E-state index in [1.54, 1.807) is 0 Å². The van der Waals surface area contributed by atoms with Crippen molar-refractivity contribution in [3.63, 3.8) is 0 Å². The van der Waals surface area contributed by atoms with Gasteiger partial charge in [0.15, 0.2) is 0 Å². The number of hydrogen-bond acceptors (Lipinski definition) is 2. The van der Waals surface area contributed by atoms with Gasteiger partial charge in [0.1, 0.15) is 11.4 Å². The number of benzene rings is 1. The SMILES string of the molecule is CCC(C)(CC)Oc1ccccc1N. The molecule has 0 fully saturated rings. The number of hydrogen-bond donors (Lipinski definition) is 1. The van der Waals surface area contributed by atoms with Crippen LogP contribution < -0.4 is 10.5 Å². The third-order valence-electron chi connectivity index (χ3n) is 2.77. The Balaban J connectivity index is 2.82. The highest BCUT2D eigenvalue weighted by molar-refractivity contribution is 5.52. The Labute approximate surface area is 86.1 Å². The van der Waals surface area contributed by atoms with Gasteiger partial charge >= 0.3 is 0 Å². The first kappa shape index (κ1) is 10.9. The van der Waals surface area contributed by atoms with Crippen LogP contribution in [0.2, 0.25) is 0 Å². The molecule has 0 spiro atoms. The molecule has 0 radical (unpaired) electrons. The molecule has 0 saturated carbocycles. The maximum atomic E-state index is 5.91. The summed E-state index contributed by atoms with van der Waals surface area (Å²) >= 11 is 0. The van der Waals surface area contributed by atoms with Crippen molar-refractivity contribution < 1.29 is 4.74 Å². The predicted molar refractivity (Wildman–Crippen MR) is 60.5 cm³/mol. The van der Waals surface area contributed by atoms with Crippen molar-refractivity contribution in [1.29, 1.82) is 0 Å². The molecular formula is C12H19NO. The molecule has 0 aromatic heterocycles. The third kappa shape index (κ3) is 2.41. The summed E-state index contributed by atoms with van der Waals surface area (Å²) in [5.41, 5.74) is 6.42. The van der Waals surface area contributed by atoms with Crippen molar-refractivity contribution in [2.24, 2.45) is 0 Å². The molecule has 0 aliphatic heterocycles. The van der Waals surface area contributed by atoms with E-state index in [9.17, 15) is 0 Å². The molecule has 1 aromatic rings. The maximum absolute atomic E-state index is 5.91. The van der Waals surface area contributed by atoms with Gasteiger partial charge in [-0.05, 0) is 31.9 Å². The van der Waals surface area contributed by atoms with Crippen LogP contribution in [0.5, 0.6) is 5.75 Å². The van der Waals surface area contributed by atoms with Gasteiger partial charge in [-0.15, -0.1) is 0 Å². The van der Waals surface area contributed by atoms with Gasteiger partial charge in [-0.25, -0.2) is 0 Å². The number of anilines is 1. The highest BCUT2D eigenvalue weighted by Crippen LogP contribution is 2.28. The molecule has 2 N–H and O–H groups in total. The molecule has 14 heavy (non-hydrogen) atoms. The van der Waals surface area contributed by atoms with Crippen LogP contribution in [0.15, 0.2) is 24.3 Å². The number of rotatable bonds is 4. The van der Waals surface area contributed by atoms with Gasteiger partial charge in [0, 0.05) is 0 Å². The first-order valence-electron chi connectivity index (χ1n) is 5.15. The molecular weight excluding hydrogens is 174 g/mol. The van der Waals surface area contributed by atoms with Gasteiger partial charge in [-0.3, -0.25) is 0 Å². The minimum absolute atomic E-state index is 0.102. The lowest BCUT2D eigenvalue weighted by Crippen LogP contribution is -2.30. The van der Waals surface area contributed by atoms with Gasteiger partial charge in [0.05, 0.1) is 5.69 Å². The summed E-state index contributed by atoms with van der Waals surface area (Å²) in [5, 5.41) is 0. The Bertz CT molecular complexity index is 292. The zero-order valence-electron chi connectivity index (χ0n) is 9.21. The number of nitrogen functional groups attached to an aromatic ring is 1. The summed E-state index contributed by atoms with van der Waals surface area (Å²) < 4.78 is 5.91. The van der Waals surface area contributed by atoms with E-state index in [0.717, 1.165) is 18.6 Å². The van der Waals surface area contributed by atoms with Crippen LogP contribution in [-0.4, -0.2) is 5.60 Å². The van der Waals surface area contributed by atoms with E-state index < -0.39 is 0 Å². The van der Waals surface area contributed by atoms with Crippen LogP contribution in [0.1, 0.15) is 33.6 Å². The van der Waals surface area contributed by atoms with Crippen molar-refractivity contribution in [2.45, 2.75) is 39.2 Å². The smallest absolute Gasteiger partial charge is 0.143 e. The van der Waals surface area contributed by atoms with Crippen molar-refractivity contribution in [2.75, 3.05) is 5.73 Å². The summed E-state index contributed by atoms with van der Waals surface area (Å²) in [6.45, 7) is 6.37. The normalized spacial score (nSPS) is 11.4. The largest absolute Gasteiger partial charge is 0.485 e. The van der Waals surface area contributed by atoms with Crippen molar-refractivity contribution in [3.05, 3.63) is 24.3 Å². The molecule has 78 valence electrons. The standard InChI is InChI=1S/C12H19NO/c1-4-12(3,5-2)14-11-9-7-6-8-10(11)13/h6-9H,4-5,13H2,1-3H3. The monoisotopic (exact) mass is 193 g/mol. The molecule has 0 aliphatic carbocycles.